The van der Waals surface area contributed by atoms with E-state index in [0.717, 1.165) is 0 Å². The van der Waals surface area contributed by atoms with Gasteiger partial charge >= 0.3 is 5.97 Å². The first kappa shape index (κ1) is 19.7. The van der Waals surface area contributed by atoms with Crippen molar-refractivity contribution in [3.05, 3.63) is 36.0 Å². The number of nitrogens with two attached hydrogens (primary N) is 1. The molecule has 0 atom stereocenters. The average molecular weight is 357 g/mol. The number of aromatic nitrogens is 2. The van der Waals surface area contributed by atoms with E-state index in [9.17, 15) is 9.59 Å². The number of anilines is 1. The van der Waals surface area contributed by atoms with Crippen LogP contribution in [0.5, 0.6) is 0 Å². The third-order valence-corrected chi connectivity index (χ3v) is 3.31. The normalized spacial score (nSPS) is 10.8. The van der Waals surface area contributed by atoms with Crippen LogP contribution in [0.2, 0.25) is 0 Å². The van der Waals surface area contributed by atoms with Gasteiger partial charge in [-0.05, 0) is 26.8 Å². The molecule has 0 aliphatic rings. The molecule has 2 rings (SSSR count). The van der Waals surface area contributed by atoms with Gasteiger partial charge in [-0.25, -0.2) is 4.79 Å². The van der Waals surface area contributed by atoms with Crippen molar-refractivity contribution < 1.29 is 18.7 Å². The van der Waals surface area contributed by atoms with Crippen LogP contribution >= 0.6 is 12.4 Å². The van der Waals surface area contributed by atoms with Gasteiger partial charge in [0.1, 0.15) is 12.0 Å². The Bertz CT molecular complexity index is 708. The second kappa shape index (κ2) is 7.98. The number of hydrogen-bond acceptors (Lipinski definition) is 6. The number of carbonyl (C=O) groups excluding carboxylic acids is 2. The van der Waals surface area contributed by atoms with Gasteiger partial charge in [-0.2, -0.15) is 5.10 Å². The minimum atomic E-state index is -0.971. The van der Waals surface area contributed by atoms with Crippen molar-refractivity contribution in [2.24, 2.45) is 5.73 Å². The van der Waals surface area contributed by atoms with Gasteiger partial charge in [0.25, 0.3) is 5.91 Å². The maximum Gasteiger partial charge on any atom is 0.333 e. The Morgan fingerprint density at radius 3 is 2.75 bits per heavy atom. The monoisotopic (exact) mass is 356 g/mol. The van der Waals surface area contributed by atoms with E-state index in [1.54, 1.807) is 33.0 Å². The number of ether oxygens (including phenoxy) is 1. The molecule has 0 unspecified atom stereocenters. The number of esters is 1. The molecule has 0 saturated carbocycles. The van der Waals surface area contributed by atoms with Gasteiger partial charge in [0.2, 0.25) is 0 Å². The van der Waals surface area contributed by atoms with E-state index in [0.29, 0.717) is 17.0 Å². The Labute approximate surface area is 145 Å². The van der Waals surface area contributed by atoms with Gasteiger partial charge in [-0.1, -0.05) is 0 Å². The molecular weight excluding hydrogens is 336 g/mol. The number of hydrogen-bond donors (Lipinski definition) is 2. The summed E-state index contributed by atoms with van der Waals surface area (Å²) in [6.07, 6.45) is 4.37. The summed E-state index contributed by atoms with van der Waals surface area (Å²) in [7, 11) is 0. The maximum absolute atomic E-state index is 12.1. The van der Waals surface area contributed by atoms with Crippen LogP contribution in [-0.4, -0.2) is 28.3 Å². The Balaban J connectivity index is 0.00000288. The third kappa shape index (κ3) is 4.15. The van der Waals surface area contributed by atoms with Crippen molar-refractivity contribution in [2.45, 2.75) is 32.9 Å². The lowest BCUT2D eigenvalue weighted by Gasteiger charge is -2.22. The van der Waals surface area contributed by atoms with Crippen molar-refractivity contribution in [1.29, 1.82) is 0 Å². The summed E-state index contributed by atoms with van der Waals surface area (Å²) in [4.78, 5) is 24.1. The molecule has 1 amide bonds. The van der Waals surface area contributed by atoms with Crippen molar-refractivity contribution >= 4 is 30.0 Å². The Hall–Kier alpha value is -2.32. The first-order valence-electron chi connectivity index (χ1n) is 7.19. The minimum absolute atomic E-state index is 0. The SMILES string of the molecule is CCOC(=O)C(C)(C)n1cc(NC(=O)c2coc(CN)c2)cn1.Cl. The summed E-state index contributed by atoms with van der Waals surface area (Å²) < 4.78 is 11.6. The van der Waals surface area contributed by atoms with E-state index in [4.69, 9.17) is 14.9 Å². The van der Waals surface area contributed by atoms with E-state index >= 15 is 0 Å². The number of amides is 1. The lowest BCUT2D eigenvalue weighted by atomic mass is 10.1. The molecule has 0 saturated heterocycles. The highest BCUT2D eigenvalue weighted by atomic mass is 35.5. The fourth-order valence-electron chi connectivity index (χ4n) is 1.90. The number of nitrogens with one attached hydrogen (secondary N) is 1. The van der Waals surface area contributed by atoms with Crippen LogP contribution in [0.4, 0.5) is 5.69 Å². The molecule has 0 aliphatic heterocycles. The summed E-state index contributed by atoms with van der Waals surface area (Å²) in [6.45, 7) is 5.62. The Kier molecular flexibility index (Phi) is 6.56. The van der Waals surface area contributed by atoms with Crippen LogP contribution in [0.15, 0.2) is 29.1 Å². The average Bonchev–Trinajstić information content (AvgIpc) is 3.16. The van der Waals surface area contributed by atoms with Crippen LogP contribution in [-0.2, 0) is 21.6 Å². The molecule has 0 bridgehead atoms. The number of carbonyl (C=O) groups is 2. The molecule has 9 heteroatoms. The molecule has 0 aliphatic carbocycles. The Morgan fingerprint density at radius 1 is 1.46 bits per heavy atom. The largest absolute Gasteiger partial charge is 0.467 e. The van der Waals surface area contributed by atoms with Crippen molar-refractivity contribution in [1.82, 2.24) is 9.78 Å². The zero-order chi connectivity index (χ0) is 17.0. The predicted octanol–water partition coefficient (Wildman–Crippen LogP) is 1.91. The maximum atomic E-state index is 12.1. The molecule has 8 nitrogen and oxygen atoms in total. The van der Waals surface area contributed by atoms with E-state index in [-0.39, 0.29) is 31.5 Å². The minimum Gasteiger partial charge on any atom is -0.467 e. The summed E-state index contributed by atoms with van der Waals surface area (Å²) in [6, 6.07) is 1.57. The van der Waals surface area contributed by atoms with Crippen molar-refractivity contribution in [2.75, 3.05) is 11.9 Å². The molecule has 24 heavy (non-hydrogen) atoms. The molecule has 2 aromatic heterocycles. The summed E-state index contributed by atoms with van der Waals surface area (Å²) >= 11 is 0. The van der Waals surface area contributed by atoms with Crippen LogP contribution in [0.1, 0.15) is 36.9 Å². The highest BCUT2D eigenvalue weighted by molar-refractivity contribution is 6.04. The molecule has 0 radical (unpaired) electrons. The Morgan fingerprint density at radius 2 is 2.17 bits per heavy atom. The van der Waals surface area contributed by atoms with Crippen LogP contribution in [0.3, 0.4) is 0 Å². The molecule has 3 N–H and O–H groups in total. The number of furan rings is 1. The molecule has 0 fully saturated rings. The molecule has 0 spiro atoms. The van der Waals surface area contributed by atoms with E-state index in [1.807, 2.05) is 0 Å². The number of rotatable bonds is 6. The first-order chi connectivity index (χ1) is 10.9. The fourth-order valence-corrected chi connectivity index (χ4v) is 1.90. The van der Waals surface area contributed by atoms with Gasteiger partial charge in [-0.3, -0.25) is 9.48 Å². The lowest BCUT2D eigenvalue weighted by Crippen LogP contribution is -2.37. The van der Waals surface area contributed by atoms with Gasteiger partial charge in [0.05, 0.1) is 30.6 Å². The van der Waals surface area contributed by atoms with E-state index in [2.05, 4.69) is 10.4 Å². The molecule has 2 heterocycles. The van der Waals surface area contributed by atoms with Gasteiger partial charge in [-0.15, -0.1) is 12.4 Å². The highest BCUT2D eigenvalue weighted by Gasteiger charge is 2.32. The molecule has 2 aromatic rings. The van der Waals surface area contributed by atoms with Gasteiger partial charge in [0, 0.05) is 6.20 Å². The smallest absolute Gasteiger partial charge is 0.333 e. The lowest BCUT2D eigenvalue weighted by molar-refractivity contribution is -0.152. The van der Waals surface area contributed by atoms with E-state index < -0.39 is 11.5 Å². The van der Waals surface area contributed by atoms with Gasteiger partial charge < -0.3 is 20.2 Å². The van der Waals surface area contributed by atoms with Crippen LogP contribution < -0.4 is 11.1 Å². The molecule has 0 aromatic carbocycles. The number of nitrogens with zero attached hydrogens (tertiary/aromatic N) is 2. The third-order valence-electron chi connectivity index (χ3n) is 3.31. The van der Waals surface area contributed by atoms with Crippen LogP contribution in [0.25, 0.3) is 0 Å². The van der Waals surface area contributed by atoms with E-state index in [1.165, 1.54) is 17.1 Å². The zero-order valence-electron chi connectivity index (χ0n) is 13.7. The zero-order valence-corrected chi connectivity index (χ0v) is 14.6. The quantitative estimate of drug-likeness (QED) is 0.764. The standard InChI is InChI=1S/C15H20N4O4.ClH/c1-4-22-14(21)15(2,3)19-8-11(7-17-19)18-13(20)10-5-12(6-16)23-9-10;/h5,7-9H,4,6,16H2,1-3H3,(H,18,20);1H. The summed E-state index contributed by atoms with van der Waals surface area (Å²) in [5, 5.41) is 6.80. The van der Waals surface area contributed by atoms with Crippen LogP contribution in [0, 0.1) is 0 Å². The van der Waals surface area contributed by atoms with Crippen molar-refractivity contribution in [3.8, 4) is 0 Å². The second-order valence-corrected chi connectivity index (χ2v) is 5.41. The molecule has 132 valence electrons. The number of halogens is 1. The highest BCUT2D eigenvalue weighted by Crippen LogP contribution is 2.19. The van der Waals surface area contributed by atoms with Gasteiger partial charge in [0.15, 0.2) is 5.54 Å². The molecular formula is C15H21ClN4O4. The summed E-state index contributed by atoms with van der Waals surface area (Å²) in [5.74, 6) is -0.223. The second-order valence-electron chi connectivity index (χ2n) is 5.41. The first-order valence-corrected chi connectivity index (χ1v) is 7.19. The topological polar surface area (TPSA) is 112 Å². The predicted molar refractivity (Wildman–Crippen MR) is 90.0 cm³/mol. The summed E-state index contributed by atoms with van der Waals surface area (Å²) in [5.41, 5.74) is 5.29. The fraction of sp³-hybridized carbons (Fsp3) is 0.400. The van der Waals surface area contributed by atoms with Crippen molar-refractivity contribution in [3.63, 3.8) is 0 Å².